The summed E-state index contributed by atoms with van der Waals surface area (Å²) in [7, 11) is 0. The van der Waals surface area contributed by atoms with Crippen LogP contribution in [0.15, 0.2) is 12.3 Å². The second kappa shape index (κ2) is 8.01. The highest BCUT2D eigenvalue weighted by Crippen LogP contribution is 2.19. The number of carbonyl (C=O) groups excluding carboxylic acids is 1. The van der Waals surface area contributed by atoms with E-state index in [1.165, 1.54) is 11.5 Å². The maximum atomic E-state index is 12.8. The Bertz CT molecular complexity index is 457. The fourth-order valence-electron chi connectivity index (χ4n) is 2.99. The van der Waals surface area contributed by atoms with Gasteiger partial charge in [0.15, 0.2) is 0 Å². The van der Waals surface area contributed by atoms with Crippen molar-refractivity contribution in [1.29, 1.82) is 0 Å². The molecular weight excluding hydrogens is 302 g/mol. The lowest BCUT2D eigenvalue weighted by atomic mass is 10.1. The van der Waals surface area contributed by atoms with E-state index in [9.17, 15) is 4.79 Å². The molecule has 0 saturated carbocycles. The molecule has 0 aliphatic carbocycles. The standard InChI is InChI=1S/C15H23N3O3S/c19-15(14-1-4-16-22-14)18(13-2-9-20-10-3-13)6-5-17-7-11-21-12-8-17/h1,4,13H,2-3,5-12H2. The highest BCUT2D eigenvalue weighted by atomic mass is 32.1. The first-order chi connectivity index (χ1) is 10.8. The second-order valence-electron chi connectivity index (χ2n) is 5.67. The Kier molecular flexibility index (Phi) is 5.77. The number of hydrogen-bond donors (Lipinski definition) is 0. The van der Waals surface area contributed by atoms with Gasteiger partial charge in [0.05, 0.1) is 13.2 Å². The van der Waals surface area contributed by atoms with Gasteiger partial charge in [0.1, 0.15) is 4.88 Å². The predicted octanol–water partition coefficient (Wildman–Crippen LogP) is 1.10. The molecule has 0 unspecified atom stereocenters. The molecule has 0 atom stereocenters. The summed E-state index contributed by atoms with van der Waals surface area (Å²) in [6.07, 6.45) is 3.54. The molecule has 3 heterocycles. The van der Waals surface area contributed by atoms with Crippen LogP contribution in [0.5, 0.6) is 0 Å². The summed E-state index contributed by atoms with van der Waals surface area (Å²) >= 11 is 1.28. The maximum Gasteiger partial charge on any atom is 0.265 e. The van der Waals surface area contributed by atoms with Gasteiger partial charge in [-0.25, -0.2) is 4.37 Å². The van der Waals surface area contributed by atoms with E-state index in [2.05, 4.69) is 9.27 Å². The monoisotopic (exact) mass is 325 g/mol. The molecule has 0 N–H and O–H groups in total. The molecule has 22 heavy (non-hydrogen) atoms. The molecule has 122 valence electrons. The van der Waals surface area contributed by atoms with E-state index in [1.54, 1.807) is 6.20 Å². The molecule has 1 aromatic heterocycles. The van der Waals surface area contributed by atoms with Crippen molar-refractivity contribution in [1.82, 2.24) is 14.2 Å². The van der Waals surface area contributed by atoms with Gasteiger partial charge in [-0.05, 0) is 30.4 Å². The number of amides is 1. The van der Waals surface area contributed by atoms with E-state index in [4.69, 9.17) is 9.47 Å². The molecule has 2 fully saturated rings. The minimum Gasteiger partial charge on any atom is -0.381 e. The van der Waals surface area contributed by atoms with Crippen LogP contribution in [0, 0.1) is 0 Å². The van der Waals surface area contributed by atoms with Crippen molar-refractivity contribution < 1.29 is 14.3 Å². The average Bonchev–Trinajstić information content (AvgIpc) is 3.11. The van der Waals surface area contributed by atoms with Crippen molar-refractivity contribution in [3.63, 3.8) is 0 Å². The smallest absolute Gasteiger partial charge is 0.265 e. The maximum absolute atomic E-state index is 12.8. The van der Waals surface area contributed by atoms with Crippen molar-refractivity contribution in [3.05, 3.63) is 17.1 Å². The van der Waals surface area contributed by atoms with Gasteiger partial charge in [-0.15, -0.1) is 0 Å². The van der Waals surface area contributed by atoms with Crippen molar-refractivity contribution in [2.75, 3.05) is 52.6 Å². The van der Waals surface area contributed by atoms with E-state index in [0.717, 1.165) is 70.3 Å². The first kappa shape index (κ1) is 15.9. The molecule has 0 spiro atoms. The Hall–Kier alpha value is -1.02. The zero-order valence-electron chi connectivity index (χ0n) is 12.8. The minimum absolute atomic E-state index is 0.114. The summed E-state index contributed by atoms with van der Waals surface area (Å²) in [4.78, 5) is 17.9. The summed E-state index contributed by atoms with van der Waals surface area (Å²) < 4.78 is 14.9. The molecule has 0 radical (unpaired) electrons. The Labute approximate surface area is 135 Å². The Balaban J connectivity index is 1.63. The fraction of sp³-hybridized carbons (Fsp3) is 0.733. The van der Waals surface area contributed by atoms with Gasteiger partial charge in [-0.1, -0.05) is 0 Å². The normalized spacial score (nSPS) is 20.9. The molecular formula is C15H23N3O3S. The topological polar surface area (TPSA) is 54.9 Å². The molecule has 6 nitrogen and oxygen atoms in total. The van der Waals surface area contributed by atoms with E-state index in [0.29, 0.717) is 0 Å². The number of aromatic nitrogens is 1. The number of carbonyl (C=O) groups is 1. The van der Waals surface area contributed by atoms with Gasteiger partial charge in [0, 0.05) is 51.6 Å². The Morgan fingerprint density at radius 1 is 1.27 bits per heavy atom. The molecule has 2 saturated heterocycles. The zero-order valence-corrected chi connectivity index (χ0v) is 13.6. The first-order valence-corrected chi connectivity index (χ1v) is 8.71. The third-order valence-corrected chi connectivity index (χ3v) is 5.04. The van der Waals surface area contributed by atoms with Gasteiger partial charge < -0.3 is 14.4 Å². The summed E-state index contributed by atoms with van der Waals surface area (Å²) in [5.74, 6) is 0.114. The summed E-state index contributed by atoms with van der Waals surface area (Å²) in [5, 5.41) is 0. The van der Waals surface area contributed by atoms with Gasteiger partial charge in [0.2, 0.25) is 0 Å². The van der Waals surface area contributed by atoms with Gasteiger partial charge in [-0.3, -0.25) is 9.69 Å². The summed E-state index contributed by atoms with van der Waals surface area (Å²) in [5.41, 5.74) is 0. The molecule has 1 amide bonds. The van der Waals surface area contributed by atoms with Crippen LogP contribution in [0.2, 0.25) is 0 Å². The SMILES string of the molecule is O=C(c1ccns1)N(CCN1CCOCC1)C1CCOCC1. The molecule has 3 rings (SSSR count). The van der Waals surface area contributed by atoms with Crippen LogP contribution in [-0.4, -0.2) is 78.7 Å². The van der Waals surface area contributed by atoms with Crippen LogP contribution in [0.3, 0.4) is 0 Å². The number of nitrogens with zero attached hydrogens (tertiary/aromatic N) is 3. The number of ether oxygens (including phenoxy) is 2. The Morgan fingerprint density at radius 3 is 2.68 bits per heavy atom. The summed E-state index contributed by atoms with van der Waals surface area (Å²) in [6, 6.07) is 2.10. The van der Waals surface area contributed by atoms with Crippen LogP contribution >= 0.6 is 11.5 Å². The molecule has 1 aromatic rings. The van der Waals surface area contributed by atoms with E-state index in [1.807, 2.05) is 11.0 Å². The largest absolute Gasteiger partial charge is 0.381 e. The predicted molar refractivity (Wildman–Crippen MR) is 84.3 cm³/mol. The van der Waals surface area contributed by atoms with Crippen LogP contribution in [0.25, 0.3) is 0 Å². The minimum atomic E-state index is 0.114. The lowest BCUT2D eigenvalue weighted by molar-refractivity contribution is 0.0143. The van der Waals surface area contributed by atoms with E-state index < -0.39 is 0 Å². The number of hydrogen-bond acceptors (Lipinski definition) is 6. The average molecular weight is 325 g/mol. The van der Waals surface area contributed by atoms with Gasteiger partial charge in [-0.2, -0.15) is 0 Å². The quantitative estimate of drug-likeness (QED) is 0.811. The number of rotatable bonds is 5. The third-order valence-electron chi connectivity index (χ3n) is 4.30. The lowest BCUT2D eigenvalue weighted by Crippen LogP contribution is -2.48. The van der Waals surface area contributed by atoms with Crippen molar-refractivity contribution in [2.24, 2.45) is 0 Å². The number of morpholine rings is 1. The fourth-order valence-corrected chi connectivity index (χ4v) is 3.54. The molecule has 2 aliphatic rings. The van der Waals surface area contributed by atoms with E-state index in [-0.39, 0.29) is 11.9 Å². The lowest BCUT2D eigenvalue weighted by Gasteiger charge is -2.36. The van der Waals surface area contributed by atoms with Gasteiger partial charge in [0.25, 0.3) is 5.91 Å². The highest BCUT2D eigenvalue weighted by Gasteiger charge is 2.27. The Morgan fingerprint density at radius 2 is 2.00 bits per heavy atom. The van der Waals surface area contributed by atoms with Crippen molar-refractivity contribution in [3.8, 4) is 0 Å². The third kappa shape index (κ3) is 4.04. The van der Waals surface area contributed by atoms with Crippen molar-refractivity contribution in [2.45, 2.75) is 18.9 Å². The zero-order chi connectivity index (χ0) is 15.2. The van der Waals surface area contributed by atoms with Crippen LogP contribution < -0.4 is 0 Å². The van der Waals surface area contributed by atoms with Crippen LogP contribution in [0.4, 0.5) is 0 Å². The second-order valence-corrected chi connectivity index (χ2v) is 6.51. The van der Waals surface area contributed by atoms with Crippen LogP contribution in [0.1, 0.15) is 22.5 Å². The molecule has 7 heteroatoms. The molecule has 0 bridgehead atoms. The summed E-state index contributed by atoms with van der Waals surface area (Å²) in [6.45, 7) is 6.66. The molecule has 2 aliphatic heterocycles. The van der Waals surface area contributed by atoms with Gasteiger partial charge >= 0.3 is 0 Å². The van der Waals surface area contributed by atoms with E-state index >= 15 is 0 Å². The highest BCUT2D eigenvalue weighted by molar-refractivity contribution is 7.08. The van der Waals surface area contributed by atoms with Crippen LogP contribution in [-0.2, 0) is 9.47 Å². The van der Waals surface area contributed by atoms with Crippen molar-refractivity contribution >= 4 is 17.4 Å². The first-order valence-electron chi connectivity index (χ1n) is 7.94. The molecule has 0 aromatic carbocycles.